The van der Waals surface area contributed by atoms with Gasteiger partial charge in [-0.1, -0.05) is 26.0 Å². The summed E-state index contributed by atoms with van der Waals surface area (Å²) in [5.74, 6) is -1.06. The Morgan fingerprint density at radius 1 is 1.24 bits per heavy atom. The molecule has 38 heavy (non-hydrogen) atoms. The zero-order valence-corrected chi connectivity index (χ0v) is 22.7. The summed E-state index contributed by atoms with van der Waals surface area (Å²) in [7, 11) is 2.11. The van der Waals surface area contributed by atoms with Crippen LogP contribution in [-0.2, 0) is 14.3 Å². The molecule has 0 aliphatic carbocycles. The van der Waals surface area contributed by atoms with Crippen molar-refractivity contribution in [1.29, 1.82) is 0 Å². The molecule has 4 heterocycles. The highest BCUT2D eigenvalue weighted by Crippen LogP contribution is 2.31. The van der Waals surface area contributed by atoms with Crippen LogP contribution in [0.15, 0.2) is 29.6 Å². The maximum atomic E-state index is 14.5. The molecule has 0 radical (unpaired) electrons. The first-order valence-corrected chi connectivity index (χ1v) is 14.0. The molecule has 204 valence electrons. The zero-order chi connectivity index (χ0) is 27.0. The maximum Gasteiger partial charge on any atom is 0.251 e. The van der Waals surface area contributed by atoms with Gasteiger partial charge in [-0.3, -0.25) is 14.4 Å². The summed E-state index contributed by atoms with van der Waals surface area (Å²) in [5, 5.41) is 5.81. The van der Waals surface area contributed by atoms with Gasteiger partial charge in [0.05, 0.1) is 12.2 Å². The molecule has 4 atom stereocenters. The van der Waals surface area contributed by atoms with Crippen LogP contribution in [0, 0.1) is 5.92 Å². The number of ether oxygens (including phenoxy) is 1. The molecule has 2 aromatic rings. The topological polar surface area (TPSA) is 95.1 Å². The number of ketones is 1. The normalized spacial score (nSPS) is 24.7. The Labute approximate surface area is 225 Å². The lowest BCUT2D eigenvalue weighted by atomic mass is 10.0. The van der Waals surface area contributed by atoms with E-state index >= 15 is 0 Å². The van der Waals surface area contributed by atoms with Crippen molar-refractivity contribution in [1.82, 2.24) is 20.1 Å². The quantitative estimate of drug-likeness (QED) is 0.572. The van der Waals surface area contributed by atoms with Crippen molar-refractivity contribution >= 4 is 34.1 Å². The summed E-state index contributed by atoms with van der Waals surface area (Å²) in [5.41, 5.74) is 2.02. The second-order valence-corrected chi connectivity index (χ2v) is 11.6. The minimum absolute atomic E-state index is 0.0914. The third-order valence-electron chi connectivity index (χ3n) is 7.40. The Bertz CT molecular complexity index is 1200. The van der Waals surface area contributed by atoms with Crippen molar-refractivity contribution in [3.63, 3.8) is 0 Å². The number of rotatable bonds is 7. The lowest BCUT2D eigenvalue weighted by Crippen LogP contribution is -2.52. The van der Waals surface area contributed by atoms with Gasteiger partial charge in [0, 0.05) is 42.7 Å². The third kappa shape index (κ3) is 5.45. The molecule has 1 aromatic heterocycles. The Morgan fingerprint density at radius 2 is 2.00 bits per heavy atom. The Kier molecular flexibility index (Phi) is 7.78. The molecule has 1 aromatic carbocycles. The molecule has 9 nitrogen and oxygen atoms in total. The Balaban J connectivity index is 1.30. The van der Waals surface area contributed by atoms with E-state index in [1.165, 1.54) is 4.90 Å². The molecule has 3 aliphatic heterocycles. The van der Waals surface area contributed by atoms with Crippen molar-refractivity contribution in [3.8, 4) is 11.3 Å². The first-order chi connectivity index (χ1) is 18.2. The minimum atomic E-state index is -1.42. The smallest absolute Gasteiger partial charge is 0.251 e. The van der Waals surface area contributed by atoms with E-state index in [9.17, 15) is 18.8 Å². The van der Waals surface area contributed by atoms with Gasteiger partial charge in [-0.15, -0.1) is 11.3 Å². The highest BCUT2D eigenvalue weighted by atomic mass is 32.1. The van der Waals surface area contributed by atoms with E-state index in [1.807, 2.05) is 25.3 Å². The van der Waals surface area contributed by atoms with Crippen LogP contribution in [0.5, 0.6) is 0 Å². The Morgan fingerprint density at radius 3 is 2.74 bits per heavy atom. The highest BCUT2D eigenvalue weighted by Gasteiger charge is 2.53. The number of hydrogen-bond donors (Lipinski definition) is 1. The lowest BCUT2D eigenvalue weighted by Gasteiger charge is -2.32. The molecule has 11 heteroatoms. The molecule has 3 saturated heterocycles. The van der Waals surface area contributed by atoms with Crippen molar-refractivity contribution in [2.75, 3.05) is 51.3 Å². The largest absolute Gasteiger partial charge is 0.365 e. The number of amides is 2. The maximum absolute atomic E-state index is 14.5. The molecule has 0 unspecified atom stereocenters. The van der Waals surface area contributed by atoms with Gasteiger partial charge in [-0.2, -0.15) is 0 Å². The van der Waals surface area contributed by atoms with Crippen molar-refractivity contribution < 1.29 is 23.5 Å². The lowest BCUT2D eigenvalue weighted by molar-refractivity contribution is -0.138. The van der Waals surface area contributed by atoms with Gasteiger partial charge in [0.1, 0.15) is 31.0 Å². The summed E-state index contributed by atoms with van der Waals surface area (Å²) >= 11 is 1.59. The van der Waals surface area contributed by atoms with E-state index in [1.54, 1.807) is 29.5 Å². The number of anilines is 1. The van der Waals surface area contributed by atoms with Crippen LogP contribution in [0.1, 0.15) is 30.6 Å². The first kappa shape index (κ1) is 26.7. The molecule has 0 bridgehead atoms. The molecular formula is C27H34FN5O4S. The number of fused-ring (bicyclic) bond motifs is 1. The standard InChI is InChI=1S/C27H34FN5O4S/c1-16(2)11-20(26(36)33-13-19(28)24-23(33)22(34)14-37-24)29-25(35)18-6-4-5-17(12-18)21-15-38-27(30-21)32-9-7-31(3)8-10-32/h4-6,12,15-16,19-20,23-24H,7-11,13-14H2,1-3H3,(H,29,35)/t19-,20-,23+,24+/m0/s1. The van der Waals surface area contributed by atoms with E-state index in [2.05, 4.69) is 22.2 Å². The number of thiazole rings is 1. The number of halogens is 1. The van der Waals surface area contributed by atoms with Crippen LogP contribution in [0.4, 0.5) is 9.52 Å². The van der Waals surface area contributed by atoms with Crippen LogP contribution in [0.2, 0.25) is 0 Å². The van der Waals surface area contributed by atoms with Crippen molar-refractivity contribution in [3.05, 3.63) is 35.2 Å². The van der Waals surface area contributed by atoms with E-state index in [0.29, 0.717) is 12.0 Å². The average molecular weight is 544 g/mol. The monoisotopic (exact) mass is 543 g/mol. The molecule has 1 N–H and O–H groups in total. The van der Waals surface area contributed by atoms with E-state index in [4.69, 9.17) is 9.72 Å². The second kappa shape index (κ2) is 11.1. The fourth-order valence-electron chi connectivity index (χ4n) is 5.32. The van der Waals surface area contributed by atoms with Gasteiger partial charge in [0.2, 0.25) is 5.91 Å². The number of Topliss-reactive ketones (excluding diaryl/α,β-unsaturated/α-hetero) is 1. The number of carbonyl (C=O) groups excluding carboxylic acids is 3. The SMILES string of the molecule is CC(C)C[C@H](NC(=O)c1cccc(-c2csc(N3CCN(C)CC3)n2)c1)C(=O)N1C[C@H](F)[C@H]2OCC(=O)[C@H]21. The zero-order valence-electron chi connectivity index (χ0n) is 21.9. The van der Waals surface area contributed by atoms with Gasteiger partial charge in [-0.25, -0.2) is 9.37 Å². The van der Waals surface area contributed by atoms with Crippen molar-refractivity contribution in [2.24, 2.45) is 5.92 Å². The molecule has 0 spiro atoms. The van der Waals surface area contributed by atoms with Crippen LogP contribution < -0.4 is 10.2 Å². The van der Waals surface area contributed by atoms with Crippen LogP contribution in [0.25, 0.3) is 11.3 Å². The predicted octanol–water partition coefficient (Wildman–Crippen LogP) is 2.22. The summed E-state index contributed by atoms with van der Waals surface area (Å²) in [6.07, 6.45) is -1.98. The predicted molar refractivity (Wildman–Crippen MR) is 143 cm³/mol. The third-order valence-corrected chi connectivity index (χ3v) is 8.30. The number of benzene rings is 1. The number of aromatic nitrogens is 1. The van der Waals surface area contributed by atoms with E-state index < -0.39 is 36.2 Å². The van der Waals surface area contributed by atoms with Crippen LogP contribution >= 0.6 is 11.3 Å². The molecule has 3 aliphatic rings. The van der Waals surface area contributed by atoms with Gasteiger partial charge in [0.25, 0.3) is 5.91 Å². The first-order valence-electron chi connectivity index (χ1n) is 13.1. The van der Waals surface area contributed by atoms with Crippen molar-refractivity contribution in [2.45, 2.75) is 44.6 Å². The van der Waals surface area contributed by atoms with E-state index in [-0.39, 0.29) is 24.9 Å². The summed E-state index contributed by atoms with van der Waals surface area (Å²) < 4.78 is 19.8. The fraction of sp³-hybridized carbons (Fsp3) is 0.556. The molecule has 2 amide bonds. The fourth-order valence-corrected chi connectivity index (χ4v) is 6.21. The minimum Gasteiger partial charge on any atom is -0.365 e. The summed E-state index contributed by atoms with van der Waals surface area (Å²) in [4.78, 5) is 49.7. The number of nitrogens with one attached hydrogen (secondary N) is 1. The molecule has 5 rings (SSSR count). The van der Waals surface area contributed by atoms with Crippen LogP contribution in [0.3, 0.4) is 0 Å². The molecule has 0 saturated carbocycles. The van der Waals surface area contributed by atoms with E-state index in [0.717, 1.165) is 42.6 Å². The Hall–Kier alpha value is -2.89. The van der Waals surface area contributed by atoms with Gasteiger partial charge in [0.15, 0.2) is 10.9 Å². The van der Waals surface area contributed by atoms with Gasteiger partial charge in [-0.05, 0) is 31.5 Å². The molecular weight excluding hydrogens is 509 g/mol. The number of nitrogens with zero attached hydrogens (tertiary/aromatic N) is 4. The van der Waals surface area contributed by atoms with Crippen LogP contribution in [-0.4, -0.2) is 103 Å². The summed E-state index contributed by atoms with van der Waals surface area (Å²) in [6.45, 7) is 7.33. The number of hydrogen-bond acceptors (Lipinski definition) is 8. The van der Waals surface area contributed by atoms with Gasteiger partial charge < -0.3 is 24.8 Å². The molecule has 3 fully saturated rings. The number of alkyl halides is 1. The second-order valence-electron chi connectivity index (χ2n) is 10.7. The highest BCUT2D eigenvalue weighted by molar-refractivity contribution is 7.14. The van der Waals surface area contributed by atoms with Gasteiger partial charge >= 0.3 is 0 Å². The number of carbonyl (C=O) groups is 3. The summed E-state index contributed by atoms with van der Waals surface area (Å²) in [6, 6.07) is 5.37. The number of likely N-dealkylation sites (tertiary alicyclic amines) is 1. The number of likely N-dealkylation sites (N-methyl/N-ethyl adjacent to an activating group) is 1. The number of piperazine rings is 1. The average Bonchev–Trinajstić information content (AvgIpc) is 3.61.